The number of hydrogen-bond acceptors (Lipinski definition) is 2. The topological polar surface area (TPSA) is 37.4 Å². The molecule has 0 radical (unpaired) electrons. The molecule has 1 heterocycles. The molecule has 0 saturated heterocycles. The van der Waals surface area contributed by atoms with Gasteiger partial charge in [0, 0.05) is 18.7 Å². The maximum absolute atomic E-state index is 11.1. The molecule has 64 valence electrons. The first-order valence-corrected chi connectivity index (χ1v) is 4.14. The average molecular weight is 165 g/mol. The van der Waals surface area contributed by atoms with Gasteiger partial charge in [0.1, 0.15) is 0 Å². The molecule has 0 aromatic rings. The number of amides is 2. The Hall–Kier alpha value is -1.12. The summed E-state index contributed by atoms with van der Waals surface area (Å²) in [6, 6.07) is 0. The van der Waals surface area contributed by atoms with Gasteiger partial charge in [-0.15, -0.1) is 0 Å². The predicted octanol–water partition coefficient (Wildman–Crippen LogP) is 0.712. The maximum Gasteiger partial charge on any atom is 0.253 e. The van der Waals surface area contributed by atoms with Crippen LogP contribution in [0.4, 0.5) is 0 Å². The number of imide groups is 1. The summed E-state index contributed by atoms with van der Waals surface area (Å²) in [5.41, 5.74) is 0.220. The predicted molar refractivity (Wildman–Crippen MR) is 43.2 cm³/mol. The van der Waals surface area contributed by atoms with E-state index in [1.807, 2.05) is 0 Å². The van der Waals surface area contributed by atoms with Crippen molar-refractivity contribution in [1.29, 1.82) is 0 Å². The van der Waals surface area contributed by atoms with Crippen LogP contribution in [0.25, 0.3) is 0 Å². The van der Waals surface area contributed by atoms with Crippen LogP contribution >= 0.6 is 0 Å². The minimum atomic E-state index is -0.159. The van der Waals surface area contributed by atoms with Crippen LogP contribution in [-0.2, 0) is 9.59 Å². The van der Waals surface area contributed by atoms with Gasteiger partial charge in [0.15, 0.2) is 0 Å². The Morgan fingerprint density at radius 2 is 1.83 bits per heavy atom. The van der Waals surface area contributed by atoms with Crippen LogP contribution < -0.4 is 0 Å². The summed E-state index contributed by atoms with van der Waals surface area (Å²) in [5.74, 6) is -0.318. The second-order valence-electron chi connectivity index (χ2n) is 3.91. The maximum atomic E-state index is 11.1. The van der Waals surface area contributed by atoms with Gasteiger partial charge in [0.25, 0.3) is 11.8 Å². The lowest BCUT2D eigenvalue weighted by atomic mass is 10.1. The van der Waals surface area contributed by atoms with Gasteiger partial charge in [0.2, 0.25) is 0 Å². The molecule has 2 aliphatic rings. The molecule has 0 N–H and O–H groups in total. The van der Waals surface area contributed by atoms with Gasteiger partial charge in [-0.1, -0.05) is 6.92 Å². The minimum absolute atomic E-state index is 0.159. The summed E-state index contributed by atoms with van der Waals surface area (Å²) in [5, 5.41) is 0. The Labute approximate surface area is 71.0 Å². The molecule has 2 amide bonds. The van der Waals surface area contributed by atoms with Crippen molar-refractivity contribution < 1.29 is 9.59 Å². The fraction of sp³-hybridized carbons (Fsp3) is 0.556. The Balaban J connectivity index is 2.04. The second-order valence-corrected chi connectivity index (χ2v) is 3.91. The van der Waals surface area contributed by atoms with Crippen LogP contribution in [0.5, 0.6) is 0 Å². The van der Waals surface area contributed by atoms with Crippen LogP contribution in [0.1, 0.15) is 19.8 Å². The molecule has 0 spiro atoms. The van der Waals surface area contributed by atoms with E-state index in [0.29, 0.717) is 6.54 Å². The lowest BCUT2D eigenvalue weighted by Crippen LogP contribution is -2.34. The quantitative estimate of drug-likeness (QED) is 0.565. The van der Waals surface area contributed by atoms with Crippen molar-refractivity contribution in [1.82, 2.24) is 4.90 Å². The van der Waals surface area contributed by atoms with Crippen molar-refractivity contribution in [2.75, 3.05) is 6.54 Å². The molecule has 1 aliphatic heterocycles. The van der Waals surface area contributed by atoms with E-state index >= 15 is 0 Å². The largest absolute Gasteiger partial charge is 0.275 e. The summed E-state index contributed by atoms with van der Waals surface area (Å²) in [7, 11) is 0. The van der Waals surface area contributed by atoms with Crippen LogP contribution in [-0.4, -0.2) is 23.3 Å². The Bertz CT molecular complexity index is 258. The van der Waals surface area contributed by atoms with Gasteiger partial charge in [-0.05, 0) is 18.3 Å². The van der Waals surface area contributed by atoms with Gasteiger partial charge in [0.05, 0.1) is 0 Å². The third kappa shape index (κ3) is 1.15. The van der Waals surface area contributed by atoms with E-state index in [1.165, 1.54) is 17.1 Å². The zero-order valence-corrected chi connectivity index (χ0v) is 7.04. The number of carbonyl (C=O) groups excluding carboxylic acids is 2. The van der Waals surface area contributed by atoms with Crippen LogP contribution in [0.3, 0.4) is 0 Å². The minimum Gasteiger partial charge on any atom is -0.275 e. The molecular formula is C9H11NO2. The molecule has 2 rings (SSSR count). The van der Waals surface area contributed by atoms with E-state index in [2.05, 4.69) is 6.92 Å². The third-order valence-electron chi connectivity index (χ3n) is 2.54. The first-order valence-electron chi connectivity index (χ1n) is 4.14. The highest BCUT2D eigenvalue weighted by Gasteiger charge is 2.41. The van der Waals surface area contributed by atoms with E-state index in [0.717, 1.165) is 12.8 Å². The molecule has 1 aliphatic carbocycles. The Morgan fingerprint density at radius 1 is 1.33 bits per heavy atom. The lowest BCUT2D eigenvalue weighted by Gasteiger charge is -2.17. The monoisotopic (exact) mass is 165 g/mol. The molecule has 1 fully saturated rings. The van der Waals surface area contributed by atoms with E-state index in [-0.39, 0.29) is 17.2 Å². The Morgan fingerprint density at radius 3 is 2.25 bits per heavy atom. The molecule has 3 heteroatoms. The molecule has 0 unspecified atom stereocenters. The summed E-state index contributed by atoms with van der Waals surface area (Å²) in [6.07, 6.45) is 4.94. The smallest absolute Gasteiger partial charge is 0.253 e. The summed E-state index contributed by atoms with van der Waals surface area (Å²) < 4.78 is 0. The highest BCUT2D eigenvalue weighted by atomic mass is 16.2. The summed E-state index contributed by atoms with van der Waals surface area (Å²) >= 11 is 0. The van der Waals surface area contributed by atoms with Gasteiger partial charge >= 0.3 is 0 Å². The first kappa shape index (κ1) is 7.53. The normalized spacial score (nSPS) is 25.2. The lowest BCUT2D eigenvalue weighted by molar-refractivity contribution is -0.137. The zero-order chi connectivity index (χ0) is 8.77. The molecule has 1 saturated carbocycles. The van der Waals surface area contributed by atoms with Crippen LogP contribution in [0, 0.1) is 5.41 Å². The van der Waals surface area contributed by atoms with E-state index in [9.17, 15) is 9.59 Å². The Kier molecular flexibility index (Phi) is 1.37. The van der Waals surface area contributed by atoms with E-state index in [4.69, 9.17) is 0 Å². The molecule has 12 heavy (non-hydrogen) atoms. The first-order chi connectivity index (χ1) is 5.61. The summed E-state index contributed by atoms with van der Waals surface area (Å²) in [6.45, 7) is 2.70. The SMILES string of the molecule is CC1(CN2C(=O)C=CC2=O)CC1. The highest BCUT2D eigenvalue weighted by molar-refractivity contribution is 6.12. The molecule has 0 aromatic carbocycles. The third-order valence-corrected chi connectivity index (χ3v) is 2.54. The van der Waals surface area contributed by atoms with Crippen molar-refractivity contribution in [2.45, 2.75) is 19.8 Å². The standard InChI is InChI=1S/C9H11NO2/c1-9(4-5-9)6-10-7(11)2-3-8(10)12/h2-3H,4-6H2,1H3. The van der Waals surface area contributed by atoms with Gasteiger partial charge in [-0.3, -0.25) is 14.5 Å². The van der Waals surface area contributed by atoms with E-state index < -0.39 is 0 Å². The molecule has 3 nitrogen and oxygen atoms in total. The highest BCUT2D eigenvalue weighted by Crippen LogP contribution is 2.45. The number of carbonyl (C=O) groups is 2. The molecule has 0 aromatic heterocycles. The fourth-order valence-corrected chi connectivity index (χ4v) is 1.34. The van der Waals surface area contributed by atoms with Crippen LogP contribution in [0.2, 0.25) is 0 Å². The van der Waals surface area contributed by atoms with Crippen molar-refractivity contribution in [3.8, 4) is 0 Å². The summed E-state index contributed by atoms with van der Waals surface area (Å²) in [4.78, 5) is 23.5. The second kappa shape index (κ2) is 2.19. The van der Waals surface area contributed by atoms with Crippen molar-refractivity contribution in [3.05, 3.63) is 12.2 Å². The van der Waals surface area contributed by atoms with E-state index in [1.54, 1.807) is 0 Å². The average Bonchev–Trinajstić information content (AvgIpc) is 2.67. The number of rotatable bonds is 2. The van der Waals surface area contributed by atoms with Crippen molar-refractivity contribution in [3.63, 3.8) is 0 Å². The van der Waals surface area contributed by atoms with Gasteiger partial charge in [-0.25, -0.2) is 0 Å². The van der Waals surface area contributed by atoms with Gasteiger partial charge in [-0.2, -0.15) is 0 Å². The molecular weight excluding hydrogens is 154 g/mol. The van der Waals surface area contributed by atoms with Crippen molar-refractivity contribution >= 4 is 11.8 Å². The number of nitrogens with zero attached hydrogens (tertiary/aromatic N) is 1. The van der Waals surface area contributed by atoms with Gasteiger partial charge < -0.3 is 0 Å². The van der Waals surface area contributed by atoms with Crippen LogP contribution in [0.15, 0.2) is 12.2 Å². The molecule has 0 atom stereocenters. The van der Waals surface area contributed by atoms with Crippen molar-refractivity contribution in [2.24, 2.45) is 5.41 Å². The number of hydrogen-bond donors (Lipinski definition) is 0. The zero-order valence-electron chi connectivity index (χ0n) is 7.04. The fourth-order valence-electron chi connectivity index (χ4n) is 1.34. The molecule has 0 bridgehead atoms.